The molecule has 1 aliphatic rings. The molecule has 98 valence electrons. The second kappa shape index (κ2) is 6.50. The summed E-state index contributed by atoms with van der Waals surface area (Å²) in [4.78, 5) is 16.2. The fourth-order valence-corrected chi connectivity index (χ4v) is 2.37. The van der Waals surface area contributed by atoms with Crippen LogP contribution in [0.1, 0.15) is 37.9 Å². The molecule has 1 aliphatic heterocycles. The lowest BCUT2D eigenvalue weighted by molar-refractivity contribution is -0.122. The van der Waals surface area contributed by atoms with E-state index in [0.29, 0.717) is 12.3 Å². The lowest BCUT2D eigenvalue weighted by Crippen LogP contribution is -2.35. The number of hydrogen-bond donors (Lipinski definition) is 2. The van der Waals surface area contributed by atoms with Crippen LogP contribution in [-0.2, 0) is 4.79 Å². The van der Waals surface area contributed by atoms with E-state index in [2.05, 4.69) is 15.6 Å². The molecule has 2 atom stereocenters. The predicted molar refractivity (Wildman–Crippen MR) is 71.0 cm³/mol. The zero-order valence-electron chi connectivity index (χ0n) is 10.9. The minimum absolute atomic E-state index is 0.0183. The Bertz CT molecular complexity index is 374. The van der Waals surface area contributed by atoms with E-state index in [1.54, 1.807) is 6.20 Å². The number of carbonyl (C=O) groups excluding carboxylic acids is 1. The minimum atomic E-state index is -0.0183. The first-order valence-corrected chi connectivity index (χ1v) is 6.66. The van der Waals surface area contributed by atoms with Gasteiger partial charge in [0.15, 0.2) is 0 Å². The standard InChI is InChI=1S/C14H21N3O/c1-11(13-6-2-3-8-16-13)17-14(18)9-12-5-4-7-15-10-12/h2-3,6,8,11-12,15H,4-5,7,9-10H2,1H3,(H,17,18)/t11-,12?/m0/s1. The first-order chi connectivity index (χ1) is 8.75. The van der Waals surface area contributed by atoms with Gasteiger partial charge in [-0.15, -0.1) is 0 Å². The van der Waals surface area contributed by atoms with E-state index < -0.39 is 0 Å². The number of nitrogens with one attached hydrogen (secondary N) is 2. The fourth-order valence-electron chi connectivity index (χ4n) is 2.37. The summed E-state index contributed by atoms with van der Waals surface area (Å²) in [7, 11) is 0. The zero-order chi connectivity index (χ0) is 12.8. The summed E-state index contributed by atoms with van der Waals surface area (Å²) in [6.45, 7) is 4.02. The van der Waals surface area contributed by atoms with Crippen LogP contribution < -0.4 is 10.6 Å². The van der Waals surface area contributed by atoms with Crippen molar-refractivity contribution in [3.63, 3.8) is 0 Å². The van der Waals surface area contributed by atoms with Crippen molar-refractivity contribution in [3.8, 4) is 0 Å². The number of piperidine rings is 1. The molecule has 1 fully saturated rings. The molecule has 0 bridgehead atoms. The smallest absolute Gasteiger partial charge is 0.220 e. The lowest BCUT2D eigenvalue weighted by Gasteiger charge is -2.23. The topological polar surface area (TPSA) is 54.0 Å². The highest BCUT2D eigenvalue weighted by atomic mass is 16.1. The highest BCUT2D eigenvalue weighted by molar-refractivity contribution is 5.76. The van der Waals surface area contributed by atoms with Gasteiger partial charge < -0.3 is 10.6 Å². The highest BCUT2D eigenvalue weighted by Crippen LogP contribution is 2.15. The Labute approximate surface area is 108 Å². The Kier molecular flexibility index (Phi) is 4.70. The Balaban J connectivity index is 1.80. The van der Waals surface area contributed by atoms with Gasteiger partial charge in [-0.05, 0) is 50.9 Å². The molecule has 0 saturated carbocycles. The summed E-state index contributed by atoms with van der Waals surface area (Å²) < 4.78 is 0. The number of hydrogen-bond acceptors (Lipinski definition) is 3. The summed E-state index contributed by atoms with van der Waals surface area (Å²) in [5.74, 6) is 0.608. The summed E-state index contributed by atoms with van der Waals surface area (Å²) in [5.41, 5.74) is 0.910. The first-order valence-electron chi connectivity index (χ1n) is 6.66. The molecule has 2 heterocycles. The third-order valence-corrected chi connectivity index (χ3v) is 3.38. The molecule has 1 aromatic heterocycles. The van der Waals surface area contributed by atoms with Crippen LogP contribution in [0.15, 0.2) is 24.4 Å². The van der Waals surface area contributed by atoms with Crippen molar-refractivity contribution in [2.24, 2.45) is 5.92 Å². The summed E-state index contributed by atoms with van der Waals surface area (Å²) in [6.07, 6.45) is 4.69. The molecule has 1 saturated heterocycles. The van der Waals surface area contributed by atoms with Crippen LogP contribution in [0.5, 0.6) is 0 Å². The van der Waals surface area contributed by atoms with Gasteiger partial charge in [-0.3, -0.25) is 9.78 Å². The van der Waals surface area contributed by atoms with Gasteiger partial charge in [-0.2, -0.15) is 0 Å². The van der Waals surface area contributed by atoms with Gasteiger partial charge in [0.25, 0.3) is 0 Å². The summed E-state index contributed by atoms with van der Waals surface area (Å²) >= 11 is 0. The van der Waals surface area contributed by atoms with Gasteiger partial charge in [0.1, 0.15) is 0 Å². The number of nitrogens with zero attached hydrogens (tertiary/aromatic N) is 1. The molecule has 2 rings (SSSR count). The molecule has 18 heavy (non-hydrogen) atoms. The van der Waals surface area contributed by atoms with Gasteiger partial charge in [0, 0.05) is 12.6 Å². The van der Waals surface area contributed by atoms with E-state index in [1.165, 1.54) is 6.42 Å². The molecule has 4 heteroatoms. The van der Waals surface area contributed by atoms with Crippen molar-refractivity contribution in [2.45, 2.75) is 32.2 Å². The zero-order valence-corrected chi connectivity index (χ0v) is 10.9. The molecule has 1 unspecified atom stereocenters. The Morgan fingerprint density at radius 1 is 1.61 bits per heavy atom. The quantitative estimate of drug-likeness (QED) is 0.850. The minimum Gasteiger partial charge on any atom is -0.348 e. The van der Waals surface area contributed by atoms with Gasteiger partial charge in [0.05, 0.1) is 11.7 Å². The molecule has 0 spiro atoms. The van der Waals surface area contributed by atoms with E-state index in [-0.39, 0.29) is 11.9 Å². The van der Waals surface area contributed by atoms with Gasteiger partial charge in [-0.25, -0.2) is 0 Å². The van der Waals surface area contributed by atoms with Gasteiger partial charge >= 0.3 is 0 Å². The van der Waals surface area contributed by atoms with Crippen LogP contribution in [0.25, 0.3) is 0 Å². The SMILES string of the molecule is C[C@H](NC(=O)CC1CCCNC1)c1ccccn1. The monoisotopic (exact) mass is 247 g/mol. The third kappa shape index (κ3) is 3.81. The molecule has 1 amide bonds. The van der Waals surface area contributed by atoms with Crippen LogP contribution in [-0.4, -0.2) is 24.0 Å². The van der Waals surface area contributed by atoms with Gasteiger partial charge in [-0.1, -0.05) is 6.07 Å². The van der Waals surface area contributed by atoms with Crippen LogP contribution in [0.4, 0.5) is 0 Å². The van der Waals surface area contributed by atoms with Crippen molar-refractivity contribution in [1.82, 2.24) is 15.6 Å². The van der Waals surface area contributed by atoms with Crippen molar-refractivity contribution in [1.29, 1.82) is 0 Å². The lowest BCUT2D eigenvalue weighted by atomic mass is 9.96. The number of pyridine rings is 1. The van der Waals surface area contributed by atoms with Crippen molar-refractivity contribution in [3.05, 3.63) is 30.1 Å². The van der Waals surface area contributed by atoms with Crippen LogP contribution in [0.3, 0.4) is 0 Å². The molecular formula is C14H21N3O. The number of amides is 1. The average molecular weight is 247 g/mol. The average Bonchev–Trinajstić information content (AvgIpc) is 2.40. The Hall–Kier alpha value is -1.42. The van der Waals surface area contributed by atoms with E-state index in [9.17, 15) is 4.79 Å². The summed E-state index contributed by atoms with van der Waals surface area (Å²) in [5, 5.41) is 6.35. The van der Waals surface area contributed by atoms with E-state index in [0.717, 1.165) is 25.2 Å². The normalized spacial score (nSPS) is 21.3. The van der Waals surface area contributed by atoms with Crippen LogP contribution in [0.2, 0.25) is 0 Å². The molecule has 1 aromatic rings. The van der Waals surface area contributed by atoms with Crippen molar-refractivity contribution in [2.75, 3.05) is 13.1 Å². The second-order valence-electron chi connectivity index (χ2n) is 4.96. The fraction of sp³-hybridized carbons (Fsp3) is 0.571. The van der Waals surface area contributed by atoms with E-state index >= 15 is 0 Å². The predicted octanol–water partition coefficient (Wildman–Crippen LogP) is 1.65. The van der Waals surface area contributed by atoms with Crippen LogP contribution >= 0.6 is 0 Å². The summed E-state index contributed by atoms with van der Waals surface area (Å²) in [6, 6.07) is 5.74. The maximum atomic E-state index is 11.9. The van der Waals surface area contributed by atoms with Crippen LogP contribution in [0, 0.1) is 5.92 Å². The van der Waals surface area contributed by atoms with Crippen molar-refractivity contribution < 1.29 is 4.79 Å². The maximum Gasteiger partial charge on any atom is 0.220 e. The second-order valence-corrected chi connectivity index (χ2v) is 4.96. The highest BCUT2D eigenvalue weighted by Gasteiger charge is 2.18. The molecule has 0 aromatic carbocycles. The van der Waals surface area contributed by atoms with E-state index in [1.807, 2.05) is 25.1 Å². The first kappa shape index (κ1) is 13.0. The van der Waals surface area contributed by atoms with E-state index in [4.69, 9.17) is 0 Å². The van der Waals surface area contributed by atoms with Gasteiger partial charge in [0.2, 0.25) is 5.91 Å². The number of carbonyl (C=O) groups is 1. The molecule has 2 N–H and O–H groups in total. The molecular weight excluding hydrogens is 226 g/mol. The Morgan fingerprint density at radius 3 is 3.17 bits per heavy atom. The largest absolute Gasteiger partial charge is 0.348 e. The molecule has 0 radical (unpaired) electrons. The molecule has 4 nitrogen and oxygen atoms in total. The number of aromatic nitrogens is 1. The Morgan fingerprint density at radius 2 is 2.50 bits per heavy atom. The number of rotatable bonds is 4. The third-order valence-electron chi connectivity index (χ3n) is 3.38. The molecule has 0 aliphatic carbocycles. The van der Waals surface area contributed by atoms with Crippen molar-refractivity contribution >= 4 is 5.91 Å². The maximum absolute atomic E-state index is 11.9.